The number of nitrogens with zero attached hydrogens (tertiary/aromatic N) is 1. The molecule has 1 aliphatic carbocycles. The van der Waals surface area contributed by atoms with E-state index in [0.717, 1.165) is 31.2 Å². The highest BCUT2D eigenvalue weighted by Gasteiger charge is 2.32. The second-order valence-electron chi connectivity index (χ2n) is 5.76. The van der Waals surface area contributed by atoms with Gasteiger partial charge in [-0.2, -0.15) is 0 Å². The number of carbonyl (C=O) groups excluding carboxylic acids is 1. The van der Waals surface area contributed by atoms with Crippen molar-refractivity contribution < 1.29 is 9.90 Å². The molecule has 1 aromatic rings. The van der Waals surface area contributed by atoms with Crippen molar-refractivity contribution in [1.82, 2.24) is 4.90 Å². The van der Waals surface area contributed by atoms with E-state index in [2.05, 4.69) is 6.07 Å². The Morgan fingerprint density at radius 3 is 2.63 bits per heavy atom. The Morgan fingerprint density at radius 1 is 1.26 bits per heavy atom. The van der Waals surface area contributed by atoms with Crippen molar-refractivity contribution >= 4 is 11.6 Å². The van der Waals surface area contributed by atoms with Gasteiger partial charge in [-0.1, -0.05) is 6.07 Å². The normalized spacial score (nSPS) is 26.6. The number of rotatable bonds is 1. The highest BCUT2D eigenvalue weighted by Crippen LogP contribution is 2.39. The zero-order valence-electron chi connectivity index (χ0n) is 11.2. The van der Waals surface area contributed by atoms with Crippen molar-refractivity contribution in [2.75, 3.05) is 12.8 Å². The van der Waals surface area contributed by atoms with Gasteiger partial charge in [-0.15, -0.1) is 0 Å². The number of benzene rings is 1. The average Bonchev–Trinajstić information content (AvgIpc) is 2.69. The van der Waals surface area contributed by atoms with Gasteiger partial charge in [0.1, 0.15) is 0 Å². The van der Waals surface area contributed by atoms with Crippen molar-refractivity contribution in [1.29, 1.82) is 0 Å². The van der Waals surface area contributed by atoms with Crippen LogP contribution in [0.1, 0.15) is 53.1 Å². The molecule has 1 aromatic carbocycles. The van der Waals surface area contributed by atoms with Gasteiger partial charge in [0.05, 0.1) is 11.7 Å². The maximum atomic E-state index is 12.1. The van der Waals surface area contributed by atoms with Gasteiger partial charge in [-0.3, -0.25) is 4.79 Å². The molecule has 102 valence electrons. The molecule has 0 atom stereocenters. The van der Waals surface area contributed by atoms with Crippen molar-refractivity contribution in [2.45, 2.75) is 44.2 Å². The molecule has 1 saturated carbocycles. The lowest BCUT2D eigenvalue weighted by Gasteiger charge is -2.27. The number of carbonyl (C=O) groups is 1. The SMILES string of the molecule is CN1Cc2c(c(N)ccc2[C@H]2CC[C@@H](O)CC2)C1=O. The molecule has 1 aliphatic heterocycles. The van der Waals surface area contributed by atoms with Crippen molar-refractivity contribution in [3.63, 3.8) is 0 Å². The largest absolute Gasteiger partial charge is 0.398 e. The fourth-order valence-electron chi connectivity index (χ4n) is 3.37. The third-order valence-electron chi connectivity index (χ3n) is 4.47. The Kier molecular flexibility index (Phi) is 2.97. The van der Waals surface area contributed by atoms with Crippen LogP contribution in [0.4, 0.5) is 5.69 Å². The number of fused-ring (bicyclic) bond motifs is 1. The van der Waals surface area contributed by atoms with E-state index in [0.29, 0.717) is 23.7 Å². The van der Waals surface area contributed by atoms with E-state index in [9.17, 15) is 9.90 Å². The van der Waals surface area contributed by atoms with Crippen LogP contribution in [0.15, 0.2) is 12.1 Å². The van der Waals surface area contributed by atoms with Crippen molar-refractivity contribution in [2.24, 2.45) is 0 Å². The molecule has 1 amide bonds. The van der Waals surface area contributed by atoms with Crippen LogP contribution in [0.5, 0.6) is 0 Å². The molecule has 19 heavy (non-hydrogen) atoms. The fraction of sp³-hybridized carbons (Fsp3) is 0.533. The maximum absolute atomic E-state index is 12.1. The predicted octanol–water partition coefficient (Wildman–Crippen LogP) is 1.87. The summed E-state index contributed by atoms with van der Waals surface area (Å²) in [5, 5.41) is 9.61. The summed E-state index contributed by atoms with van der Waals surface area (Å²) in [6.07, 6.45) is 3.55. The van der Waals surface area contributed by atoms with Gasteiger partial charge in [0.2, 0.25) is 0 Å². The zero-order valence-corrected chi connectivity index (χ0v) is 11.2. The van der Waals surface area contributed by atoms with Gasteiger partial charge in [-0.05, 0) is 48.8 Å². The number of amides is 1. The first kappa shape index (κ1) is 12.5. The molecule has 4 heteroatoms. The molecule has 1 heterocycles. The fourth-order valence-corrected chi connectivity index (χ4v) is 3.37. The molecular weight excluding hydrogens is 240 g/mol. The van der Waals surface area contributed by atoms with Crippen LogP contribution in [0, 0.1) is 0 Å². The van der Waals surface area contributed by atoms with Crippen LogP contribution in [0.25, 0.3) is 0 Å². The minimum atomic E-state index is -0.151. The monoisotopic (exact) mass is 260 g/mol. The lowest BCUT2D eigenvalue weighted by atomic mass is 9.80. The minimum absolute atomic E-state index is 0.0326. The van der Waals surface area contributed by atoms with E-state index in [1.165, 1.54) is 5.56 Å². The summed E-state index contributed by atoms with van der Waals surface area (Å²) < 4.78 is 0. The summed E-state index contributed by atoms with van der Waals surface area (Å²) in [4.78, 5) is 13.8. The molecule has 3 rings (SSSR count). The Morgan fingerprint density at radius 2 is 1.95 bits per heavy atom. The second-order valence-corrected chi connectivity index (χ2v) is 5.76. The Labute approximate surface area is 113 Å². The molecule has 0 unspecified atom stereocenters. The summed E-state index contributed by atoms with van der Waals surface area (Å²) in [5.41, 5.74) is 9.61. The van der Waals surface area contributed by atoms with Gasteiger partial charge < -0.3 is 15.7 Å². The van der Waals surface area contributed by atoms with Crippen LogP contribution in [-0.4, -0.2) is 29.1 Å². The Balaban J connectivity index is 1.98. The lowest BCUT2D eigenvalue weighted by Crippen LogP contribution is -2.18. The highest BCUT2D eigenvalue weighted by molar-refractivity contribution is 6.03. The van der Waals surface area contributed by atoms with E-state index in [4.69, 9.17) is 5.73 Å². The minimum Gasteiger partial charge on any atom is -0.398 e. The van der Waals surface area contributed by atoms with Gasteiger partial charge >= 0.3 is 0 Å². The van der Waals surface area contributed by atoms with Crippen LogP contribution in [-0.2, 0) is 6.54 Å². The second kappa shape index (κ2) is 4.53. The maximum Gasteiger partial charge on any atom is 0.256 e. The van der Waals surface area contributed by atoms with E-state index >= 15 is 0 Å². The van der Waals surface area contributed by atoms with E-state index in [1.54, 1.807) is 4.90 Å². The van der Waals surface area contributed by atoms with Gasteiger partial charge in [0.25, 0.3) is 5.91 Å². The summed E-state index contributed by atoms with van der Waals surface area (Å²) in [7, 11) is 1.82. The number of aliphatic hydroxyl groups is 1. The zero-order chi connectivity index (χ0) is 13.6. The number of aliphatic hydroxyl groups excluding tert-OH is 1. The van der Waals surface area contributed by atoms with Crippen LogP contribution in [0.3, 0.4) is 0 Å². The molecule has 1 fully saturated rings. The summed E-state index contributed by atoms with van der Waals surface area (Å²) in [5.74, 6) is 0.488. The quantitative estimate of drug-likeness (QED) is 0.758. The summed E-state index contributed by atoms with van der Waals surface area (Å²) in [6.45, 7) is 0.660. The van der Waals surface area contributed by atoms with Gasteiger partial charge in [0.15, 0.2) is 0 Å². The van der Waals surface area contributed by atoms with Crippen molar-refractivity contribution in [3.8, 4) is 0 Å². The number of hydrogen-bond donors (Lipinski definition) is 2. The number of hydrogen-bond acceptors (Lipinski definition) is 3. The van der Waals surface area contributed by atoms with E-state index < -0.39 is 0 Å². The molecule has 0 aromatic heterocycles. The van der Waals surface area contributed by atoms with Crippen molar-refractivity contribution in [3.05, 3.63) is 28.8 Å². The lowest BCUT2D eigenvalue weighted by molar-refractivity contribution is 0.0817. The summed E-state index contributed by atoms with van der Waals surface area (Å²) in [6, 6.07) is 3.93. The van der Waals surface area contributed by atoms with E-state index in [-0.39, 0.29) is 12.0 Å². The van der Waals surface area contributed by atoms with Gasteiger partial charge in [-0.25, -0.2) is 0 Å². The third kappa shape index (κ3) is 2.00. The van der Waals surface area contributed by atoms with Crippen LogP contribution in [0.2, 0.25) is 0 Å². The first-order valence-corrected chi connectivity index (χ1v) is 6.92. The number of nitrogens with two attached hydrogens (primary N) is 1. The molecule has 2 aliphatic rings. The topological polar surface area (TPSA) is 66.6 Å². The first-order valence-electron chi connectivity index (χ1n) is 6.92. The third-order valence-corrected chi connectivity index (χ3v) is 4.47. The molecule has 0 bridgehead atoms. The van der Waals surface area contributed by atoms with Gasteiger partial charge in [0, 0.05) is 19.3 Å². The standard InChI is InChI=1S/C15H20N2O2/c1-17-8-12-11(9-2-4-10(18)5-3-9)6-7-13(16)14(12)15(17)19/h6-7,9-10,18H,2-5,8,16H2,1H3/t9-,10+. The summed E-state index contributed by atoms with van der Waals surface area (Å²) >= 11 is 0. The van der Waals surface area contributed by atoms with E-state index in [1.807, 2.05) is 13.1 Å². The Bertz CT molecular complexity index is 519. The predicted molar refractivity (Wildman–Crippen MR) is 73.9 cm³/mol. The molecule has 0 spiro atoms. The molecule has 0 radical (unpaired) electrons. The first-order chi connectivity index (χ1) is 9.08. The smallest absolute Gasteiger partial charge is 0.256 e. The number of anilines is 1. The molecule has 4 nitrogen and oxygen atoms in total. The number of nitrogen functional groups attached to an aromatic ring is 1. The molecule has 3 N–H and O–H groups in total. The average molecular weight is 260 g/mol. The molecular formula is C15H20N2O2. The Hall–Kier alpha value is -1.55. The molecule has 0 saturated heterocycles. The van der Waals surface area contributed by atoms with Crippen LogP contribution >= 0.6 is 0 Å². The highest BCUT2D eigenvalue weighted by atomic mass is 16.3. The van der Waals surface area contributed by atoms with Crippen LogP contribution < -0.4 is 5.73 Å².